The molecule has 0 aliphatic heterocycles. The van der Waals surface area contributed by atoms with Gasteiger partial charge >= 0.3 is 0 Å². The van der Waals surface area contributed by atoms with Crippen LogP contribution < -0.4 is 5.32 Å². The number of aryl methyl sites for hydroxylation is 1. The Bertz CT molecular complexity index is 775. The number of aromatic nitrogens is 3. The minimum absolute atomic E-state index is 0.0805. The van der Waals surface area contributed by atoms with Crippen molar-refractivity contribution in [1.82, 2.24) is 20.4 Å². The molecule has 2 N–H and O–H groups in total. The summed E-state index contributed by atoms with van der Waals surface area (Å²) in [5, 5.41) is 7.65. The average Bonchev–Trinajstić information content (AvgIpc) is 3.06. The van der Waals surface area contributed by atoms with Crippen molar-refractivity contribution in [2.24, 2.45) is 0 Å². The molecule has 0 bridgehead atoms. The van der Waals surface area contributed by atoms with Gasteiger partial charge in [-0.05, 0) is 25.5 Å². The van der Waals surface area contributed by atoms with Crippen LogP contribution in [0.5, 0.6) is 0 Å². The van der Waals surface area contributed by atoms with E-state index in [1.807, 2.05) is 37.4 Å². The van der Waals surface area contributed by atoms with E-state index in [9.17, 15) is 4.79 Å². The van der Waals surface area contributed by atoms with Crippen molar-refractivity contribution in [1.29, 1.82) is 0 Å². The molecule has 21 heavy (non-hydrogen) atoms. The molecule has 6 nitrogen and oxygen atoms in total. The first-order valence-corrected chi connectivity index (χ1v) is 6.78. The molecular formula is C15H16N4O2. The summed E-state index contributed by atoms with van der Waals surface area (Å²) < 4.78 is 5.05. The van der Waals surface area contributed by atoms with Crippen molar-refractivity contribution in [3.05, 3.63) is 47.7 Å². The summed E-state index contributed by atoms with van der Waals surface area (Å²) in [6.45, 7) is 3.56. The zero-order valence-corrected chi connectivity index (χ0v) is 11.9. The highest BCUT2D eigenvalue weighted by atomic mass is 16.5. The molecule has 1 unspecified atom stereocenters. The maximum Gasteiger partial charge on any atom is 0.248 e. The molecule has 0 spiro atoms. The molecule has 0 aliphatic rings. The lowest BCUT2D eigenvalue weighted by Gasteiger charge is -2.09. The second-order valence-corrected chi connectivity index (χ2v) is 5.01. The fraction of sp³-hybridized carbons (Fsp3) is 0.267. The van der Waals surface area contributed by atoms with Crippen LogP contribution in [-0.2, 0) is 11.2 Å². The summed E-state index contributed by atoms with van der Waals surface area (Å²) in [5.74, 6) is 0.894. The van der Waals surface area contributed by atoms with Crippen LogP contribution in [0.4, 0.5) is 0 Å². The maximum absolute atomic E-state index is 12.1. The number of nitrogens with zero attached hydrogens (tertiary/aromatic N) is 2. The molecule has 1 amide bonds. The zero-order chi connectivity index (χ0) is 14.8. The molecule has 2 aromatic heterocycles. The summed E-state index contributed by atoms with van der Waals surface area (Å²) >= 11 is 0. The van der Waals surface area contributed by atoms with Crippen LogP contribution in [0, 0.1) is 6.92 Å². The van der Waals surface area contributed by atoms with Gasteiger partial charge in [0.1, 0.15) is 6.04 Å². The molecular weight excluding hydrogens is 268 g/mol. The SMILES string of the molecule is Cc1noc(C(C)NC(=O)Cc2c[nH]c3ccccc23)n1. The van der Waals surface area contributed by atoms with Crippen molar-refractivity contribution in [3.63, 3.8) is 0 Å². The maximum atomic E-state index is 12.1. The first-order valence-electron chi connectivity index (χ1n) is 6.78. The second-order valence-electron chi connectivity index (χ2n) is 5.01. The Labute approximate surface area is 121 Å². The summed E-state index contributed by atoms with van der Waals surface area (Å²) in [7, 11) is 0. The van der Waals surface area contributed by atoms with Crippen LogP contribution in [0.1, 0.15) is 30.2 Å². The third-order valence-electron chi connectivity index (χ3n) is 3.32. The monoisotopic (exact) mass is 284 g/mol. The quantitative estimate of drug-likeness (QED) is 0.769. The molecule has 3 rings (SSSR count). The smallest absolute Gasteiger partial charge is 0.248 e. The molecule has 0 fully saturated rings. The number of fused-ring (bicyclic) bond motifs is 1. The average molecular weight is 284 g/mol. The number of hydrogen-bond donors (Lipinski definition) is 2. The minimum Gasteiger partial charge on any atom is -0.361 e. The molecule has 1 atom stereocenters. The van der Waals surface area contributed by atoms with E-state index < -0.39 is 0 Å². The molecule has 2 heterocycles. The van der Waals surface area contributed by atoms with Gasteiger partial charge in [0.05, 0.1) is 6.42 Å². The van der Waals surface area contributed by atoms with Crippen LogP contribution in [0.25, 0.3) is 10.9 Å². The molecule has 108 valence electrons. The van der Waals surface area contributed by atoms with Crippen LogP contribution in [0.3, 0.4) is 0 Å². The first kappa shape index (κ1) is 13.4. The number of para-hydroxylation sites is 1. The van der Waals surface area contributed by atoms with Crippen molar-refractivity contribution in [3.8, 4) is 0 Å². The van der Waals surface area contributed by atoms with Crippen LogP contribution >= 0.6 is 0 Å². The number of aromatic amines is 1. The Morgan fingerprint density at radius 3 is 3.00 bits per heavy atom. The van der Waals surface area contributed by atoms with Crippen LogP contribution in [0.2, 0.25) is 0 Å². The van der Waals surface area contributed by atoms with Gasteiger partial charge in [-0.2, -0.15) is 4.98 Å². The number of carbonyl (C=O) groups excluding carboxylic acids is 1. The molecule has 0 aliphatic carbocycles. The van der Waals surface area contributed by atoms with Crippen molar-refractivity contribution in [2.45, 2.75) is 26.3 Å². The highest BCUT2D eigenvalue weighted by Crippen LogP contribution is 2.18. The lowest BCUT2D eigenvalue weighted by atomic mass is 10.1. The van der Waals surface area contributed by atoms with Crippen LogP contribution in [0.15, 0.2) is 35.0 Å². The number of amides is 1. The Morgan fingerprint density at radius 2 is 2.24 bits per heavy atom. The third kappa shape index (κ3) is 2.79. The third-order valence-corrected chi connectivity index (χ3v) is 3.32. The van der Waals surface area contributed by atoms with E-state index in [4.69, 9.17) is 4.52 Å². The van der Waals surface area contributed by atoms with Crippen molar-refractivity contribution in [2.75, 3.05) is 0 Å². The van der Waals surface area contributed by atoms with Gasteiger partial charge in [-0.3, -0.25) is 4.79 Å². The second kappa shape index (κ2) is 5.40. The molecule has 3 aromatic rings. The molecule has 6 heteroatoms. The fourth-order valence-corrected chi connectivity index (χ4v) is 2.29. The van der Waals surface area contributed by atoms with Crippen LogP contribution in [-0.4, -0.2) is 21.0 Å². The van der Waals surface area contributed by atoms with E-state index in [0.717, 1.165) is 16.5 Å². The molecule has 0 radical (unpaired) electrons. The van der Waals surface area contributed by atoms with E-state index in [1.165, 1.54) is 0 Å². The van der Waals surface area contributed by atoms with Gasteiger partial charge in [0.25, 0.3) is 0 Å². The Hall–Kier alpha value is -2.63. The van der Waals surface area contributed by atoms with E-state index >= 15 is 0 Å². The standard InChI is InChI=1S/C15H16N4O2/c1-9(15-18-10(2)19-21-15)17-14(20)7-11-8-16-13-6-4-3-5-12(11)13/h3-6,8-9,16H,7H2,1-2H3,(H,17,20). The number of rotatable bonds is 4. The first-order chi connectivity index (χ1) is 10.1. The van der Waals surface area contributed by atoms with E-state index in [2.05, 4.69) is 20.4 Å². The van der Waals surface area contributed by atoms with E-state index in [1.54, 1.807) is 6.92 Å². The highest BCUT2D eigenvalue weighted by molar-refractivity contribution is 5.88. The number of H-pyrrole nitrogens is 1. The van der Waals surface area contributed by atoms with Gasteiger partial charge in [0.2, 0.25) is 11.8 Å². The molecule has 0 saturated carbocycles. The predicted molar refractivity (Wildman–Crippen MR) is 77.6 cm³/mol. The normalized spacial score (nSPS) is 12.5. The predicted octanol–water partition coefficient (Wildman–Crippen LogP) is 2.28. The van der Waals surface area contributed by atoms with Gasteiger partial charge in [-0.1, -0.05) is 23.4 Å². The van der Waals surface area contributed by atoms with Gasteiger partial charge in [0.15, 0.2) is 5.82 Å². The largest absolute Gasteiger partial charge is 0.361 e. The summed E-state index contributed by atoms with van der Waals surface area (Å²) in [4.78, 5) is 19.4. The zero-order valence-electron chi connectivity index (χ0n) is 11.9. The van der Waals surface area contributed by atoms with Gasteiger partial charge in [0, 0.05) is 17.1 Å². The van der Waals surface area contributed by atoms with Gasteiger partial charge in [-0.15, -0.1) is 0 Å². The minimum atomic E-state index is -0.302. The molecule has 1 aromatic carbocycles. The number of hydrogen-bond acceptors (Lipinski definition) is 4. The highest BCUT2D eigenvalue weighted by Gasteiger charge is 2.16. The van der Waals surface area contributed by atoms with Crippen molar-refractivity contribution < 1.29 is 9.32 Å². The summed E-state index contributed by atoms with van der Waals surface area (Å²) in [6, 6.07) is 7.60. The fourth-order valence-electron chi connectivity index (χ4n) is 2.29. The lowest BCUT2D eigenvalue weighted by Crippen LogP contribution is -2.28. The van der Waals surface area contributed by atoms with Crippen molar-refractivity contribution >= 4 is 16.8 Å². The Balaban J connectivity index is 1.69. The van der Waals surface area contributed by atoms with Gasteiger partial charge in [-0.25, -0.2) is 0 Å². The summed E-state index contributed by atoms with van der Waals surface area (Å²) in [6.07, 6.45) is 2.17. The lowest BCUT2D eigenvalue weighted by molar-refractivity contribution is -0.121. The Morgan fingerprint density at radius 1 is 1.43 bits per heavy atom. The van der Waals surface area contributed by atoms with E-state index in [0.29, 0.717) is 18.1 Å². The number of carbonyl (C=O) groups is 1. The summed E-state index contributed by atoms with van der Waals surface area (Å²) in [5.41, 5.74) is 2.00. The Kier molecular flexibility index (Phi) is 3.43. The molecule has 0 saturated heterocycles. The number of nitrogens with one attached hydrogen (secondary N) is 2. The number of benzene rings is 1. The topological polar surface area (TPSA) is 83.8 Å². The van der Waals surface area contributed by atoms with Gasteiger partial charge < -0.3 is 14.8 Å². The van der Waals surface area contributed by atoms with E-state index in [-0.39, 0.29) is 11.9 Å².